The van der Waals surface area contributed by atoms with Crippen LogP contribution in [0.5, 0.6) is 0 Å². The van der Waals surface area contributed by atoms with Gasteiger partial charge in [0.1, 0.15) is 6.61 Å². The number of rotatable bonds is 2. The molecule has 0 aromatic carbocycles. The maximum atomic E-state index is 5.25. The molecule has 56 valence electrons. The highest BCUT2D eigenvalue weighted by Crippen LogP contribution is 2.12. The summed E-state index contributed by atoms with van der Waals surface area (Å²) in [4.78, 5) is 0. The SMILES string of the molecule is CC#CCOC1CCCO1. The number of hydrogen-bond acceptors (Lipinski definition) is 2. The Hall–Kier alpha value is -0.520. The Kier molecular flexibility index (Phi) is 3.28. The van der Waals surface area contributed by atoms with Gasteiger partial charge in [-0.15, -0.1) is 5.92 Å². The van der Waals surface area contributed by atoms with Crippen LogP contribution in [-0.2, 0) is 9.47 Å². The van der Waals surface area contributed by atoms with Gasteiger partial charge in [-0.2, -0.15) is 0 Å². The first kappa shape index (κ1) is 7.59. The Balaban J connectivity index is 2.05. The van der Waals surface area contributed by atoms with E-state index in [1.165, 1.54) is 0 Å². The average Bonchev–Trinajstić information content (AvgIpc) is 2.41. The first-order valence-electron chi connectivity index (χ1n) is 3.56. The van der Waals surface area contributed by atoms with Gasteiger partial charge in [-0.1, -0.05) is 5.92 Å². The fraction of sp³-hybridized carbons (Fsp3) is 0.750. The molecule has 0 aromatic heterocycles. The Morgan fingerprint density at radius 1 is 1.70 bits per heavy atom. The molecule has 0 saturated carbocycles. The van der Waals surface area contributed by atoms with Gasteiger partial charge in [0.15, 0.2) is 6.29 Å². The topological polar surface area (TPSA) is 18.5 Å². The summed E-state index contributed by atoms with van der Waals surface area (Å²) in [5, 5.41) is 0. The quantitative estimate of drug-likeness (QED) is 0.536. The molecule has 2 nitrogen and oxygen atoms in total. The molecule has 1 atom stereocenters. The zero-order chi connectivity index (χ0) is 7.23. The first-order chi connectivity index (χ1) is 4.93. The Bertz CT molecular complexity index is 137. The second kappa shape index (κ2) is 4.32. The first-order valence-corrected chi connectivity index (χ1v) is 3.56. The van der Waals surface area contributed by atoms with E-state index in [1.54, 1.807) is 6.92 Å². The molecule has 0 N–H and O–H groups in total. The van der Waals surface area contributed by atoms with Gasteiger partial charge in [0.05, 0.1) is 0 Å². The molecule has 1 rings (SSSR count). The molecule has 0 amide bonds. The monoisotopic (exact) mass is 140 g/mol. The van der Waals surface area contributed by atoms with Crippen LogP contribution < -0.4 is 0 Å². The van der Waals surface area contributed by atoms with E-state index in [2.05, 4.69) is 11.8 Å². The largest absolute Gasteiger partial charge is 0.353 e. The third kappa shape index (κ3) is 2.38. The molecule has 0 aromatic rings. The standard InChI is InChI=1S/C8H12O2/c1-2-3-6-9-8-5-4-7-10-8/h8H,4-7H2,1H3. The van der Waals surface area contributed by atoms with E-state index in [0.717, 1.165) is 19.4 Å². The van der Waals surface area contributed by atoms with Gasteiger partial charge in [0.2, 0.25) is 0 Å². The van der Waals surface area contributed by atoms with Crippen molar-refractivity contribution < 1.29 is 9.47 Å². The Morgan fingerprint density at radius 2 is 2.60 bits per heavy atom. The lowest BCUT2D eigenvalue weighted by Crippen LogP contribution is -2.10. The predicted octanol–water partition coefficient (Wildman–Crippen LogP) is 1.16. The van der Waals surface area contributed by atoms with E-state index < -0.39 is 0 Å². The second-order valence-corrected chi connectivity index (χ2v) is 2.18. The fourth-order valence-electron chi connectivity index (χ4n) is 0.886. The molecule has 1 heterocycles. The molecule has 2 heteroatoms. The van der Waals surface area contributed by atoms with Crippen molar-refractivity contribution >= 4 is 0 Å². The number of hydrogen-bond donors (Lipinski definition) is 0. The molecular formula is C8H12O2. The maximum Gasteiger partial charge on any atom is 0.158 e. The van der Waals surface area contributed by atoms with E-state index >= 15 is 0 Å². The molecule has 0 radical (unpaired) electrons. The van der Waals surface area contributed by atoms with E-state index in [1.807, 2.05) is 0 Å². The van der Waals surface area contributed by atoms with Gasteiger partial charge in [-0.05, 0) is 13.3 Å². The molecular weight excluding hydrogens is 128 g/mol. The number of ether oxygens (including phenoxy) is 2. The van der Waals surface area contributed by atoms with Crippen molar-refractivity contribution in [3.8, 4) is 11.8 Å². The van der Waals surface area contributed by atoms with Gasteiger partial charge in [0, 0.05) is 13.0 Å². The highest BCUT2D eigenvalue weighted by molar-refractivity contribution is 4.94. The summed E-state index contributed by atoms with van der Waals surface area (Å²) in [6.45, 7) is 3.14. The van der Waals surface area contributed by atoms with E-state index in [9.17, 15) is 0 Å². The summed E-state index contributed by atoms with van der Waals surface area (Å²) in [5.74, 6) is 5.58. The van der Waals surface area contributed by atoms with Crippen LogP contribution in [0.1, 0.15) is 19.8 Å². The van der Waals surface area contributed by atoms with Crippen molar-refractivity contribution in [2.45, 2.75) is 26.1 Å². The van der Waals surface area contributed by atoms with Crippen LogP contribution in [0.2, 0.25) is 0 Å². The van der Waals surface area contributed by atoms with Crippen LogP contribution in [0.3, 0.4) is 0 Å². The van der Waals surface area contributed by atoms with Crippen molar-refractivity contribution in [3.63, 3.8) is 0 Å². The van der Waals surface area contributed by atoms with Gasteiger partial charge in [-0.3, -0.25) is 0 Å². The zero-order valence-corrected chi connectivity index (χ0v) is 6.22. The lowest BCUT2D eigenvalue weighted by atomic mass is 10.4. The molecule has 1 aliphatic rings. The predicted molar refractivity (Wildman–Crippen MR) is 38.4 cm³/mol. The molecule has 1 aliphatic heterocycles. The third-order valence-corrected chi connectivity index (χ3v) is 1.41. The van der Waals surface area contributed by atoms with E-state index in [4.69, 9.17) is 9.47 Å². The summed E-state index contributed by atoms with van der Waals surface area (Å²) in [6, 6.07) is 0. The second-order valence-electron chi connectivity index (χ2n) is 2.18. The molecule has 0 bridgehead atoms. The smallest absolute Gasteiger partial charge is 0.158 e. The van der Waals surface area contributed by atoms with Crippen molar-refractivity contribution in [2.75, 3.05) is 13.2 Å². The van der Waals surface area contributed by atoms with Crippen LogP contribution in [0, 0.1) is 11.8 Å². The van der Waals surface area contributed by atoms with E-state index in [-0.39, 0.29) is 6.29 Å². The molecule has 1 saturated heterocycles. The third-order valence-electron chi connectivity index (χ3n) is 1.41. The van der Waals surface area contributed by atoms with Crippen molar-refractivity contribution in [1.82, 2.24) is 0 Å². The Labute approximate surface area is 61.5 Å². The summed E-state index contributed by atoms with van der Waals surface area (Å²) < 4.78 is 10.5. The highest BCUT2D eigenvalue weighted by Gasteiger charge is 2.14. The van der Waals surface area contributed by atoms with Crippen LogP contribution >= 0.6 is 0 Å². The molecule has 0 spiro atoms. The van der Waals surface area contributed by atoms with Crippen molar-refractivity contribution in [3.05, 3.63) is 0 Å². The molecule has 1 unspecified atom stereocenters. The van der Waals surface area contributed by atoms with Crippen LogP contribution in [0.25, 0.3) is 0 Å². The fourth-order valence-corrected chi connectivity index (χ4v) is 0.886. The van der Waals surface area contributed by atoms with Crippen molar-refractivity contribution in [1.29, 1.82) is 0 Å². The van der Waals surface area contributed by atoms with Crippen LogP contribution in [0.15, 0.2) is 0 Å². The zero-order valence-electron chi connectivity index (χ0n) is 6.22. The lowest BCUT2D eigenvalue weighted by Gasteiger charge is -2.06. The minimum absolute atomic E-state index is 0.0147. The van der Waals surface area contributed by atoms with Gasteiger partial charge < -0.3 is 9.47 Å². The minimum Gasteiger partial charge on any atom is -0.353 e. The highest BCUT2D eigenvalue weighted by atomic mass is 16.7. The van der Waals surface area contributed by atoms with Gasteiger partial charge in [0.25, 0.3) is 0 Å². The minimum atomic E-state index is 0.0147. The molecule has 1 fully saturated rings. The van der Waals surface area contributed by atoms with Gasteiger partial charge in [-0.25, -0.2) is 0 Å². The lowest BCUT2D eigenvalue weighted by molar-refractivity contribution is -0.0996. The normalized spacial score (nSPS) is 23.9. The maximum absolute atomic E-state index is 5.25. The average molecular weight is 140 g/mol. The van der Waals surface area contributed by atoms with Crippen molar-refractivity contribution in [2.24, 2.45) is 0 Å². The summed E-state index contributed by atoms with van der Waals surface area (Å²) >= 11 is 0. The summed E-state index contributed by atoms with van der Waals surface area (Å²) in [7, 11) is 0. The summed E-state index contributed by atoms with van der Waals surface area (Å²) in [6.07, 6.45) is 2.15. The Morgan fingerprint density at radius 3 is 3.20 bits per heavy atom. The van der Waals surface area contributed by atoms with E-state index in [0.29, 0.717) is 6.61 Å². The van der Waals surface area contributed by atoms with Crippen LogP contribution in [-0.4, -0.2) is 19.5 Å². The summed E-state index contributed by atoms with van der Waals surface area (Å²) in [5.41, 5.74) is 0. The molecule has 0 aliphatic carbocycles. The molecule has 10 heavy (non-hydrogen) atoms. The van der Waals surface area contributed by atoms with Crippen LogP contribution in [0.4, 0.5) is 0 Å². The van der Waals surface area contributed by atoms with Gasteiger partial charge >= 0.3 is 0 Å².